The first kappa shape index (κ1) is 18.9. The van der Waals surface area contributed by atoms with Crippen LogP contribution < -0.4 is 0 Å². The summed E-state index contributed by atoms with van der Waals surface area (Å²) in [5.41, 5.74) is 4.01. The summed E-state index contributed by atoms with van der Waals surface area (Å²) in [6.07, 6.45) is 3.67. The van der Waals surface area contributed by atoms with E-state index in [9.17, 15) is 0 Å². The van der Waals surface area contributed by atoms with Crippen molar-refractivity contribution >= 4 is 53.3 Å². The molecule has 0 atom stereocenters. The molecule has 0 saturated carbocycles. The van der Waals surface area contributed by atoms with E-state index in [-0.39, 0.29) is 0 Å². The highest BCUT2D eigenvalue weighted by atomic mass is 32.1. The van der Waals surface area contributed by atoms with E-state index in [1.54, 1.807) is 0 Å². The van der Waals surface area contributed by atoms with Crippen LogP contribution in [0.4, 0.5) is 0 Å². The van der Waals surface area contributed by atoms with Crippen molar-refractivity contribution in [3.05, 3.63) is 96.6 Å². The maximum atomic E-state index is 3.56. The number of aromatic nitrogens is 1. The fraction of sp³-hybridized carbons (Fsp3) is 0.143. The molecule has 0 fully saturated rings. The molecule has 0 radical (unpaired) electrons. The average molecular weight is 408 g/mol. The van der Waals surface area contributed by atoms with Crippen LogP contribution in [0, 0.1) is 0 Å². The smallest absolute Gasteiger partial charge is 0.0497 e. The van der Waals surface area contributed by atoms with Gasteiger partial charge in [0, 0.05) is 42.0 Å². The molecule has 0 amide bonds. The molecule has 0 bridgehead atoms. The van der Waals surface area contributed by atoms with Crippen LogP contribution in [-0.2, 0) is 6.42 Å². The molecular weight excluding hydrogens is 382 g/mol. The number of fused-ring (bicyclic) bond motifs is 6. The Labute approximate surface area is 181 Å². The summed E-state index contributed by atoms with van der Waals surface area (Å²) in [7, 11) is 0. The summed E-state index contributed by atoms with van der Waals surface area (Å²) >= 11 is 1.86. The Morgan fingerprint density at radius 3 is 1.93 bits per heavy atom. The number of hydrogen-bond acceptors (Lipinski definition) is 1. The second-order valence-corrected chi connectivity index (χ2v) is 8.79. The summed E-state index contributed by atoms with van der Waals surface area (Å²) < 4.78 is 2.76. The number of nitrogens with one attached hydrogen (secondary N) is 1. The second kappa shape index (κ2) is 8.33. The molecule has 0 aliphatic heterocycles. The third-order valence-corrected chi connectivity index (χ3v) is 6.86. The van der Waals surface area contributed by atoms with E-state index in [2.05, 4.69) is 103 Å². The number of para-hydroxylation sites is 2. The summed E-state index contributed by atoms with van der Waals surface area (Å²) in [5.74, 6) is 0. The Morgan fingerprint density at radius 2 is 1.23 bits per heavy atom. The SMILES string of the molecule is CCCCc1cccc2c1[nH]c1ccccc12.c1ccc2c(c1)sc1ccccc12. The molecule has 0 spiro atoms. The zero-order valence-electron chi connectivity index (χ0n) is 17.2. The van der Waals surface area contributed by atoms with Gasteiger partial charge in [-0.3, -0.25) is 0 Å². The van der Waals surface area contributed by atoms with Gasteiger partial charge < -0.3 is 4.98 Å². The summed E-state index contributed by atoms with van der Waals surface area (Å²) in [6.45, 7) is 2.24. The maximum Gasteiger partial charge on any atom is 0.0497 e. The minimum atomic E-state index is 1.17. The molecule has 30 heavy (non-hydrogen) atoms. The monoisotopic (exact) mass is 407 g/mol. The Bertz CT molecular complexity index is 1390. The first-order chi connectivity index (χ1) is 14.8. The molecule has 6 aromatic rings. The second-order valence-electron chi connectivity index (χ2n) is 7.71. The maximum absolute atomic E-state index is 3.56. The Balaban J connectivity index is 0.000000133. The van der Waals surface area contributed by atoms with E-state index in [1.807, 2.05) is 11.3 Å². The van der Waals surface area contributed by atoms with Crippen molar-refractivity contribution in [2.24, 2.45) is 0 Å². The molecule has 2 aromatic heterocycles. The van der Waals surface area contributed by atoms with Gasteiger partial charge in [0.2, 0.25) is 0 Å². The van der Waals surface area contributed by atoms with Gasteiger partial charge in [-0.05, 0) is 36.6 Å². The fourth-order valence-corrected chi connectivity index (χ4v) is 5.29. The topological polar surface area (TPSA) is 15.8 Å². The van der Waals surface area contributed by atoms with Gasteiger partial charge >= 0.3 is 0 Å². The van der Waals surface area contributed by atoms with Crippen LogP contribution in [0.2, 0.25) is 0 Å². The highest BCUT2D eigenvalue weighted by Gasteiger charge is 2.06. The largest absolute Gasteiger partial charge is 0.354 e. The number of hydrogen-bond donors (Lipinski definition) is 1. The quantitative estimate of drug-likeness (QED) is 0.302. The van der Waals surface area contributed by atoms with Crippen molar-refractivity contribution in [1.82, 2.24) is 4.98 Å². The molecule has 2 heteroatoms. The number of rotatable bonds is 3. The first-order valence-electron chi connectivity index (χ1n) is 10.7. The molecule has 148 valence electrons. The van der Waals surface area contributed by atoms with Crippen LogP contribution in [0.15, 0.2) is 91.0 Å². The number of unbranched alkanes of at least 4 members (excludes halogenated alkanes) is 1. The van der Waals surface area contributed by atoms with E-state index in [0.29, 0.717) is 0 Å². The normalized spacial score (nSPS) is 11.2. The molecule has 0 saturated heterocycles. The van der Waals surface area contributed by atoms with Crippen LogP contribution in [0.25, 0.3) is 42.0 Å². The fourth-order valence-electron chi connectivity index (χ4n) is 4.18. The van der Waals surface area contributed by atoms with E-state index < -0.39 is 0 Å². The predicted molar refractivity (Wildman–Crippen MR) is 134 cm³/mol. The predicted octanol–water partition coefficient (Wildman–Crippen LogP) is 8.72. The van der Waals surface area contributed by atoms with Gasteiger partial charge in [-0.2, -0.15) is 0 Å². The van der Waals surface area contributed by atoms with Crippen LogP contribution in [0.3, 0.4) is 0 Å². The zero-order valence-corrected chi connectivity index (χ0v) is 18.0. The lowest BCUT2D eigenvalue weighted by molar-refractivity contribution is 0.798. The van der Waals surface area contributed by atoms with Crippen LogP contribution in [-0.4, -0.2) is 4.98 Å². The number of aromatic amines is 1. The number of thiophene rings is 1. The summed E-state index contributed by atoms with van der Waals surface area (Å²) in [4.78, 5) is 3.56. The van der Waals surface area contributed by atoms with E-state index >= 15 is 0 Å². The first-order valence-corrected chi connectivity index (χ1v) is 11.5. The third kappa shape index (κ3) is 3.48. The lowest BCUT2D eigenvalue weighted by atomic mass is 10.0. The lowest BCUT2D eigenvalue weighted by Crippen LogP contribution is -1.86. The molecule has 1 N–H and O–H groups in total. The molecular formula is C28H25NS. The standard InChI is InChI=1S/C16H17N.C12H8S/c1-2-3-7-12-8-6-10-14-13-9-4-5-11-15(13)17-16(12)14;1-3-7-11-9(5-1)10-6-2-4-8-12(10)13-11/h4-6,8-11,17H,2-3,7H2,1H3;1-8H. The Hall–Kier alpha value is -3.10. The van der Waals surface area contributed by atoms with Gasteiger partial charge in [-0.1, -0.05) is 86.1 Å². The number of benzene rings is 4. The van der Waals surface area contributed by atoms with Gasteiger partial charge in [0.15, 0.2) is 0 Å². The van der Waals surface area contributed by atoms with Crippen molar-refractivity contribution in [3.8, 4) is 0 Å². The van der Waals surface area contributed by atoms with Crippen LogP contribution >= 0.6 is 11.3 Å². The minimum absolute atomic E-state index is 1.17. The molecule has 2 heterocycles. The third-order valence-electron chi connectivity index (χ3n) is 5.71. The molecule has 0 aliphatic carbocycles. The van der Waals surface area contributed by atoms with Crippen molar-refractivity contribution in [2.45, 2.75) is 26.2 Å². The van der Waals surface area contributed by atoms with Crippen molar-refractivity contribution in [1.29, 1.82) is 0 Å². The number of aryl methyl sites for hydroxylation is 1. The van der Waals surface area contributed by atoms with Gasteiger partial charge in [0.25, 0.3) is 0 Å². The molecule has 4 aromatic carbocycles. The summed E-state index contributed by atoms with van der Waals surface area (Å²) in [5, 5.41) is 5.45. The minimum Gasteiger partial charge on any atom is -0.354 e. The Kier molecular flexibility index (Phi) is 5.25. The van der Waals surface area contributed by atoms with E-state index in [4.69, 9.17) is 0 Å². The van der Waals surface area contributed by atoms with Gasteiger partial charge in [0.1, 0.15) is 0 Å². The molecule has 1 nitrogen and oxygen atoms in total. The van der Waals surface area contributed by atoms with Gasteiger partial charge in [-0.15, -0.1) is 11.3 Å². The molecule has 0 aliphatic rings. The van der Waals surface area contributed by atoms with Crippen molar-refractivity contribution < 1.29 is 0 Å². The highest BCUT2D eigenvalue weighted by Crippen LogP contribution is 2.33. The molecule has 6 rings (SSSR count). The Morgan fingerprint density at radius 1 is 0.633 bits per heavy atom. The summed E-state index contributed by atoms with van der Waals surface area (Å²) in [6, 6.07) is 32.3. The number of H-pyrrole nitrogens is 1. The van der Waals surface area contributed by atoms with E-state index in [0.717, 1.165) is 0 Å². The van der Waals surface area contributed by atoms with Crippen LogP contribution in [0.5, 0.6) is 0 Å². The van der Waals surface area contributed by atoms with Crippen molar-refractivity contribution in [3.63, 3.8) is 0 Å². The van der Waals surface area contributed by atoms with Crippen LogP contribution in [0.1, 0.15) is 25.3 Å². The zero-order chi connectivity index (χ0) is 20.3. The van der Waals surface area contributed by atoms with Gasteiger partial charge in [-0.25, -0.2) is 0 Å². The highest BCUT2D eigenvalue weighted by molar-refractivity contribution is 7.25. The average Bonchev–Trinajstić information content (AvgIpc) is 3.37. The van der Waals surface area contributed by atoms with Crippen molar-refractivity contribution in [2.75, 3.05) is 0 Å². The van der Waals surface area contributed by atoms with E-state index in [1.165, 1.54) is 66.8 Å². The lowest BCUT2D eigenvalue weighted by Gasteiger charge is -2.01. The van der Waals surface area contributed by atoms with Gasteiger partial charge in [0.05, 0.1) is 0 Å². The molecule has 0 unspecified atom stereocenters.